The van der Waals surface area contributed by atoms with Gasteiger partial charge in [-0.3, -0.25) is 4.99 Å². The molecule has 0 unspecified atom stereocenters. The van der Waals surface area contributed by atoms with E-state index in [-0.39, 0.29) is 29.5 Å². The van der Waals surface area contributed by atoms with Crippen LogP contribution in [-0.2, 0) is 21.6 Å². The monoisotopic (exact) mass is 953 g/mol. The van der Waals surface area contributed by atoms with Gasteiger partial charge in [0.1, 0.15) is 22.9 Å². The van der Waals surface area contributed by atoms with Crippen molar-refractivity contribution in [1.29, 1.82) is 0 Å². The third-order valence-electron chi connectivity index (χ3n) is 12.9. The van der Waals surface area contributed by atoms with Crippen LogP contribution in [-0.4, -0.2) is 90.3 Å². The summed E-state index contributed by atoms with van der Waals surface area (Å²) in [6.45, 7) is 14.0. The number of aromatic nitrogens is 4. The number of anilines is 2. The van der Waals surface area contributed by atoms with E-state index in [1.807, 2.05) is 111 Å². The van der Waals surface area contributed by atoms with Gasteiger partial charge in [-0.15, -0.1) is 0 Å². The van der Waals surface area contributed by atoms with Crippen molar-refractivity contribution in [2.45, 2.75) is 52.0 Å². The molecule has 362 valence electrons. The van der Waals surface area contributed by atoms with Gasteiger partial charge in [-0.2, -0.15) is 5.10 Å². The van der Waals surface area contributed by atoms with Gasteiger partial charge in [-0.05, 0) is 92.4 Å². The Morgan fingerprint density at radius 2 is 1.04 bits per heavy atom. The van der Waals surface area contributed by atoms with Gasteiger partial charge in [0, 0.05) is 66.7 Å². The van der Waals surface area contributed by atoms with Crippen LogP contribution in [0.4, 0.5) is 20.4 Å². The Labute approximate surface area is 413 Å². The van der Waals surface area contributed by atoms with Crippen LogP contribution in [0.25, 0.3) is 22.2 Å². The van der Waals surface area contributed by atoms with Crippen LogP contribution in [0.3, 0.4) is 0 Å². The molecular weight excluding hydrogens is 897 g/mol. The number of ether oxygens (including phenoxy) is 4. The summed E-state index contributed by atoms with van der Waals surface area (Å²) in [4.78, 5) is 18.3. The number of pyridine rings is 2. The number of aliphatic imine (C=N–C) groups is 1. The van der Waals surface area contributed by atoms with Crippen molar-refractivity contribution in [3.8, 4) is 22.8 Å². The van der Waals surface area contributed by atoms with Crippen LogP contribution in [0.5, 0.6) is 11.5 Å². The first-order chi connectivity index (χ1) is 34.7. The molecule has 3 aliphatic rings. The Balaban J connectivity index is 0.000000190. The van der Waals surface area contributed by atoms with Gasteiger partial charge in [0.15, 0.2) is 23.1 Å². The second kappa shape index (κ2) is 20.9. The molecule has 2 saturated heterocycles. The van der Waals surface area contributed by atoms with E-state index in [0.717, 1.165) is 93.6 Å². The molecule has 6 heterocycles. The van der Waals surface area contributed by atoms with Crippen LogP contribution in [0.15, 0.2) is 157 Å². The van der Waals surface area contributed by atoms with Crippen LogP contribution < -0.4 is 19.3 Å². The summed E-state index contributed by atoms with van der Waals surface area (Å²) in [5, 5.41) is 6.22. The zero-order valence-electron chi connectivity index (χ0n) is 40.5. The lowest BCUT2D eigenvalue weighted by Gasteiger charge is -2.37. The summed E-state index contributed by atoms with van der Waals surface area (Å²) in [5.41, 5.74) is 8.03. The lowest BCUT2D eigenvalue weighted by atomic mass is 9.77. The van der Waals surface area contributed by atoms with E-state index in [9.17, 15) is 4.39 Å². The molecule has 0 spiro atoms. The first kappa shape index (κ1) is 47.2. The zero-order valence-corrected chi connectivity index (χ0v) is 40.5. The topological polar surface area (TPSA) is 99.4 Å². The Morgan fingerprint density at radius 3 is 1.56 bits per heavy atom. The summed E-state index contributed by atoms with van der Waals surface area (Å²) in [5.74, 6) is 1.48. The van der Waals surface area contributed by atoms with Gasteiger partial charge in [0.05, 0.1) is 56.4 Å². The molecule has 0 atom stereocenters. The molecule has 3 aliphatic heterocycles. The number of benzene rings is 5. The van der Waals surface area contributed by atoms with Crippen molar-refractivity contribution in [3.63, 3.8) is 0 Å². The molecule has 0 N–H and O–H groups in total. The van der Waals surface area contributed by atoms with Gasteiger partial charge in [0.2, 0.25) is 0 Å². The number of rotatable bonds is 12. The minimum Gasteiger partial charge on any atom is -0.488 e. The third kappa shape index (κ3) is 9.72. The van der Waals surface area contributed by atoms with Crippen molar-refractivity contribution < 1.29 is 27.7 Å². The maximum atomic E-state index is 16.0. The van der Waals surface area contributed by atoms with E-state index in [2.05, 4.69) is 67.2 Å². The van der Waals surface area contributed by atoms with Crippen molar-refractivity contribution in [2.24, 2.45) is 4.99 Å². The van der Waals surface area contributed by atoms with Crippen molar-refractivity contribution in [3.05, 3.63) is 197 Å². The summed E-state index contributed by atoms with van der Waals surface area (Å²) in [6, 6.07) is 45.6. The first-order valence-corrected chi connectivity index (χ1v) is 24.4. The molecular formula is C58H57F2N7O4. The van der Waals surface area contributed by atoms with Gasteiger partial charge < -0.3 is 28.7 Å². The Morgan fingerprint density at radius 1 is 0.563 bits per heavy atom. The van der Waals surface area contributed by atoms with Crippen molar-refractivity contribution >= 4 is 28.3 Å². The second-order valence-corrected chi connectivity index (χ2v) is 18.3. The summed E-state index contributed by atoms with van der Waals surface area (Å²) < 4.78 is 54.8. The Hall–Kier alpha value is -7.48. The number of hydrogen-bond donors (Lipinski definition) is 0. The predicted octanol–water partition coefficient (Wildman–Crippen LogP) is 10.9. The van der Waals surface area contributed by atoms with Crippen LogP contribution in [0.2, 0.25) is 0 Å². The highest BCUT2D eigenvalue weighted by Gasteiger charge is 2.41. The Bertz CT molecular complexity index is 3040. The molecule has 0 amide bonds. The fourth-order valence-corrected chi connectivity index (χ4v) is 9.68. The molecule has 71 heavy (non-hydrogen) atoms. The third-order valence-corrected chi connectivity index (χ3v) is 12.9. The second-order valence-electron chi connectivity index (χ2n) is 18.3. The maximum absolute atomic E-state index is 16.0. The average Bonchev–Trinajstić information content (AvgIpc) is 3.99. The summed E-state index contributed by atoms with van der Waals surface area (Å²) >= 11 is 0. The van der Waals surface area contributed by atoms with Crippen LogP contribution in [0.1, 0.15) is 61.1 Å². The van der Waals surface area contributed by atoms with E-state index in [4.69, 9.17) is 24.0 Å². The molecule has 11 nitrogen and oxygen atoms in total. The largest absolute Gasteiger partial charge is 0.488 e. The Kier molecular flexibility index (Phi) is 13.9. The minimum absolute atomic E-state index is 0.0850. The van der Waals surface area contributed by atoms with E-state index >= 15 is 4.39 Å². The van der Waals surface area contributed by atoms with E-state index in [0.29, 0.717) is 38.5 Å². The van der Waals surface area contributed by atoms with Gasteiger partial charge in [0.25, 0.3) is 0 Å². The molecule has 0 bridgehead atoms. The lowest BCUT2D eigenvalue weighted by Crippen LogP contribution is -2.38. The van der Waals surface area contributed by atoms with Gasteiger partial charge >= 0.3 is 0 Å². The van der Waals surface area contributed by atoms with Crippen LogP contribution in [0, 0.1) is 11.6 Å². The van der Waals surface area contributed by atoms with E-state index in [1.165, 1.54) is 6.07 Å². The summed E-state index contributed by atoms with van der Waals surface area (Å²) in [6.07, 6.45) is 3.34. The molecule has 13 heteroatoms. The molecule has 11 rings (SSSR count). The molecule has 5 aromatic carbocycles. The number of halogens is 2. The van der Waals surface area contributed by atoms with E-state index < -0.39 is 11.4 Å². The SMILES string of the molecule is CC(C)Oc1cc2c(-c3ccnc(N4CCOCC4)c3)nn(C(c3ccccc3)(c3ccccc3)c3ccccc3)c2cc1F.CC(C)Oc1cc2c(cc1F)CN=C2c1ccnc(N2CCOCC2)c1. The molecule has 8 aromatic rings. The zero-order chi connectivity index (χ0) is 48.9. The first-order valence-electron chi connectivity index (χ1n) is 24.4. The highest BCUT2D eigenvalue weighted by molar-refractivity contribution is 6.15. The fourth-order valence-electron chi connectivity index (χ4n) is 9.68. The van der Waals surface area contributed by atoms with Gasteiger partial charge in [-0.1, -0.05) is 91.0 Å². The number of nitrogens with zero attached hydrogens (tertiary/aromatic N) is 7. The molecule has 2 fully saturated rings. The van der Waals surface area contributed by atoms with Crippen LogP contribution >= 0.6 is 0 Å². The predicted molar refractivity (Wildman–Crippen MR) is 275 cm³/mol. The van der Waals surface area contributed by atoms with Gasteiger partial charge in [-0.25, -0.2) is 23.4 Å². The average molecular weight is 954 g/mol. The normalized spacial score (nSPS) is 14.8. The highest BCUT2D eigenvalue weighted by atomic mass is 19.1. The molecule has 0 aliphatic carbocycles. The van der Waals surface area contributed by atoms with Crippen molar-refractivity contribution in [2.75, 3.05) is 62.4 Å². The highest BCUT2D eigenvalue weighted by Crippen LogP contribution is 2.45. The summed E-state index contributed by atoms with van der Waals surface area (Å²) in [7, 11) is 0. The number of hydrogen-bond acceptors (Lipinski definition) is 10. The van der Waals surface area contributed by atoms with E-state index in [1.54, 1.807) is 24.4 Å². The number of fused-ring (bicyclic) bond motifs is 2. The number of morpholine rings is 2. The standard InChI is InChI=1S/C38H35FN4O2.C20H22FN3O2/c1-27(2)45-35-25-32-34(26-33(35)39)43(41-37(32)28-18-19-40-36(24-28)42-20-22-44-23-21-42)38(29-12-6-3-7-13-29,30-14-8-4-9-15-30)31-16-10-5-11-17-31;1-13(2)26-18-11-16-15(9-17(18)21)12-23-20(16)14-3-4-22-19(10-14)24-5-7-25-8-6-24/h3-19,24-27H,20-23H2,1-2H3;3-4,9-11,13H,5-8,12H2,1-2H3. The quantitative estimate of drug-likeness (QED) is 0.111. The minimum atomic E-state index is -0.923. The molecule has 0 radical (unpaired) electrons. The fraction of sp³-hybridized carbons (Fsp3) is 0.276. The molecule has 3 aromatic heterocycles. The maximum Gasteiger partial charge on any atom is 0.167 e. The smallest absolute Gasteiger partial charge is 0.167 e. The van der Waals surface area contributed by atoms with Crippen molar-refractivity contribution in [1.82, 2.24) is 19.7 Å². The lowest BCUT2D eigenvalue weighted by molar-refractivity contribution is 0.122. The molecule has 0 saturated carbocycles.